The van der Waals surface area contributed by atoms with Crippen LogP contribution in [0.1, 0.15) is 24.1 Å². The maximum Gasteiger partial charge on any atom is 0.573 e. The van der Waals surface area contributed by atoms with E-state index in [1.54, 1.807) is 25.1 Å². The van der Waals surface area contributed by atoms with Crippen LogP contribution in [0.25, 0.3) is 0 Å². The molecule has 1 N–H and O–H groups in total. The Morgan fingerprint density at radius 3 is 2.59 bits per heavy atom. The first-order valence-corrected chi connectivity index (χ1v) is 8.98. The predicted octanol–water partition coefficient (Wildman–Crippen LogP) is 4.26. The lowest BCUT2D eigenvalue weighted by molar-refractivity contribution is -0.275. The molecule has 2 aromatic carbocycles. The van der Waals surface area contributed by atoms with Gasteiger partial charge in [-0.3, -0.25) is 0 Å². The summed E-state index contributed by atoms with van der Waals surface area (Å²) in [5.41, 5.74) is 1.06. The Morgan fingerprint density at radius 1 is 1.17 bits per heavy atom. The molecule has 2 amide bonds. The second kappa shape index (κ2) is 8.50. The van der Waals surface area contributed by atoms with Crippen molar-refractivity contribution in [2.75, 3.05) is 20.3 Å². The van der Waals surface area contributed by atoms with Crippen LogP contribution in [0.2, 0.25) is 0 Å². The molecule has 0 saturated carbocycles. The van der Waals surface area contributed by atoms with E-state index in [2.05, 4.69) is 10.1 Å². The summed E-state index contributed by atoms with van der Waals surface area (Å²) in [6, 6.07) is 10.3. The molecule has 1 aliphatic heterocycles. The van der Waals surface area contributed by atoms with Crippen LogP contribution in [0, 0.1) is 0 Å². The van der Waals surface area contributed by atoms with Gasteiger partial charge >= 0.3 is 12.4 Å². The third-order valence-electron chi connectivity index (χ3n) is 4.36. The number of nitrogens with zero attached hydrogens (tertiary/aromatic N) is 1. The summed E-state index contributed by atoms with van der Waals surface area (Å²) in [4.78, 5) is 13.8. The SMILES string of the molecule is CC(NC(=O)N(C)Cc1ccccc1OC(F)(F)F)c1ccc2c(c1)OCCO2. The standard InChI is InChI=1S/C20H21F3N2O4/c1-13(14-7-8-17-18(11-14)28-10-9-27-17)24-19(26)25(2)12-15-5-3-4-6-16(15)29-20(21,22)23/h3-8,11,13H,9-10,12H2,1-2H3,(H,24,26). The highest BCUT2D eigenvalue weighted by Gasteiger charge is 2.32. The van der Waals surface area contributed by atoms with Crippen LogP contribution < -0.4 is 19.5 Å². The molecule has 1 aliphatic rings. The first-order chi connectivity index (χ1) is 13.7. The summed E-state index contributed by atoms with van der Waals surface area (Å²) >= 11 is 0. The number of halogens is 3. The average Bonchev–Trinajstić information content (AvgIpc) is 2.67. The second-order valence-corrected chi connectivity index (χ2v) is 6.59. The largest absolute Gasteiger partial charge is 0.573 e. The van der Waals surface area contributed by atoms with Gasteiger partial charge in [0.2, 0.25) is 0 Å². The lowest BCUT2D eigenvalue weighted by Crippen LogP contribution is -2.38. The lowest BCUT2D eigenvalue weighted by atomic mass is 10.1. The van der Waals surface area contributed by atoms with Crippen LogP contribution in [-0.4, -0.2) is 37.6 Å². The molecule has 156 valence electrons. The Balaban J connectivity index is 1.64. The van der Waals surface area contributed by atoms with Gasteiger partial charge in [-0.1, -0.05) is 24.3 Å². The number of benzene rings is 2. The van der Waals surface area contributed by atoms with Crippen LogP contribution in [0.5, 0.6) is 17.2 Å². The minimum Gasteiger partial charge on any atom is -0.486 e. The Bertz CT molecular complexity index is 873. The van der Waals surface area contributed by atoms with Gasteiger partial charge in [0, 0.05) is 12.6 Å². The zero-order chi connectivity index (χ0) is 21.0. The quantitative estimate of drug-likeness (QED) is 0.800. The molecular weight excluding hydrogens is 389 g/mol. The summed E-state index contributed by atoms with van der Waals surface area (Å²) < 4.78 is 52.7. The van der Waals surface area contributed by atoms with Gasteiger partial charge in [0.1, 0.15) is 19.0 Å². The summed E-state index contributed by atoms with van der Waals surface area (Å²) in [5, 5.41) is 2.82. The third kappa shape index (κ3) is 5.46. The number of para-hydroxylation sites is 1. The predicted molar refractivity (Wildman–Crippen MR) is 99.0 cm³/mol. The maximum atomic E-state index is 12.6. The third-order valence-corrected chi connectivity index (χ3v) is 4.36. The van der Waals surface area contributed by atoms with Crippen LogP contribution >= 0.6 is 0 Å². The van der Waals surface area contributed by atoms with Crippen molar-refractivity contribution < 1.29 is 32.2 Å². The molecule has 1 atom stereocenters. The molecule has 0 spiro atoms. The molecule has 0 aromatic heterocycles. The Labute approximate surface area is 166 Å². The second-order valence-electron chi connectivity index (χ2n) is 6.59. The van der Waals surface area contributed by atoms with Gasteiger partial charge in [-0.2, -0.15) is 0 Å². The van der Waals surface area contributed by atoms with Gasteiger partial charge in [0.15, 0.2) is 11.5 Å². The molecule has 1 unspecified atom stereocenters. The van der Waals surface area contributed by atoms with E-state index in [1.165, 1.54) is 30.1 Å². The molecular formula is C20H21F3N2O4. The first-order valence-electron chi connectivity index (χ1n) is 8.98. The van der Waals surface area contributed by atoms with E-state index in [9.17, 15) is 18.0 Å². The van der Waals surface area contributed by atoms with Crippen LogP contribution in [0.3, 0.4) is 0 Å². The molecule has 2 aromatic rings. The van der Waals surface area contributed by atoms with Crippen molar-refractivity contribution in [3.05, 3.63) is 53.6 Å². The number of ether oxygens (including phenoxy) is 3. The highest BCUT2D eigenvalue weighted by molar-refractivity contribution is 5.74. The van der Waals surface area contributed by atoms with Crippen LogP contribution in [0.15, 0.2) is 42.5 Å². The van der Waals surface area contributed by atoms with E-state index >= 15 is 0 Å². The zero-order valence-electron chi connectivity index (χ0n) is 16.0. The minimum absolute atomic E-state index is 0.0497. The zero-order valence-corrected chi connectivity index (χ0v) is 16.0. The molecule has 3 rings (SSSR count). The Kier molecular flexibility index (Phi) is 6.05. The molecule has 29 heavy (non-hydrogen) atoms. The van der Waals surface area contributed by atoms with Gasteiger partial charge in [0.05, 0.1) is 12.6 Å². The van der Waals surface area contributed by atoms with Crippen molar-refractivity contribution in [2.24, 2.45) is 0 Å². The van der Waals surface area contributed by atoms with Crippen molar-refractivity contribution >= 4 is 6.03 Å². The van der Waals surface area contributed by atoms with Gasteiger partial charge in [0.25, 0.3) is 0 Å². The molecule has 1 heterocycles. The van der Waals surface area contributed by atoms with Crippen molar-refractivity contribution in [3.63, 3.8) is 0 Å². The number of hydrogen-bond acceptors (Lipinski definition) is 4. The molecule has 0 radical (unpaired) electrons. The maximum absolute atomic E-state index is 12.6. The van der Waals surface area contributed by atoms with Crippen LogP contribution in [0.4, 0.5) is 18.0 Å². The van der Waals surface area contributed by atoms with Crippen molar-refractivity contribution in [1.82, 2.24) is 10.2 Å². The number of rotatable bonds is 5. The lowest BCUT2D eigenvalue weighted by Gasteiger charge is -2.24. The number of carbonyl (C=O) groups is 1. The molecule has 0 fully saturated rings. The summed E-state index contributed by atoms with van der Waals surface area (Å²) in [6.07, 6.45) is -4.80. The van der Waals surface area contributed by atoms with E-state index in [4.69, 9.17) is 9.47 Å². The first kappa shape index (κ1) is 20.6. The fourth-order valence-corrected chi connectivity index (χ4v) is 2.89. The average molecular weight is 410 g/mol. The fraction of sp³-hybridized carbons (Fsp3) is 0.350. The Hall–Kier alpha value is -3.10. The topological polar surface area (TPSA) is 60.0 Å². The number of nitrogens with one attached hydrogen (secondary N) is 1. The number of alkyl halides is 3. The van der Waals surface area contributed by atoms with Gasteiger partial charge in [-0.25, -0.2) is 4.79 Å². The van der Waals surface area contributed by atoms with Crippen molar-refractivity contribution in [2.45, 2.75) is 25.9 Å². The van der Waals surface area contributed by atoms with Crippen molar-refractivity contribution in [3.8, 4) is 17.2 Å². The summed E-state index contributed by atoms with van der Waals surface area (Å²) in [5.74, 6) is 0.929. The van der Waals surface area contributed by atoms with Crippen molar-refractivity contribution in [1.29, 1.82) is 0 Å². The number of fused-ring (bicyclic) bond motifs is 1. The fourth-order valence-electron chi connectivity index (χ4n) is 2.89. The molecule has 9 heteroatoms. The smallest absolute Gasteiger partial charge is 0.486 e. The monoisotopic (exact) mass is 410 g/mol. The van der Waals surface area contributed by atoms with Gasteiger partial charge in [-0.05, 0) is 30.7 Å². The minimum atomic E-state index is -4.80. The van der Waals surface area contributed by atoms with Gasteiger partial charge in [-0.15, -0.1) is 13.2 Å². The molecule has 6 nitrogen and oxygen atoms in total. The van der Waals surface area contributed by atoms with E-state index in [1.807, 2.05) is 6.07 Å². The molecule has 0 bridgehead atoms. The summed E-state index contributed by atoms with van der Waals surface area (Å²) in [6.45, 7) is 2.70. The molecule has 0 saturated heterocycles. The number of hydrogen-bond donors (Lipinski definition) is 1. The normalized spacial score (nSPS) is 14.1. The van der Waals surface area contributed by atoms with E-state index in [0.29, 0.717) is 24.7 Å². The van der Waals surface area contributed by atoms with Gasteiger partial charge < -0.3 is 24.4 Å². The number of urea groups is 1. The van der Waals surface area contributed by atoms with E-state index in [-0.39, 0.29) is 23.9 Å². The van der Waals surface area contributed by atoms with E-state index in [0.717, 1.165) is 5.56 Å². The summed E-state index contributed by atoms with van der Waals surface area (Å²) in [7, 11) is 1.50. The molecule has 0 aliphatic carbocycles. The highest BCUT2D eigenvalue weighted by Crippen LogP contribution is 2.32. The number of amides is 2. The van der Waals surface area contributed by atoms with Crippen LogP contribution in [-0.2, 0) is 6.54 Å². The Morgan fingerprint density at radius 2 is 1.86 bits per heavy atom. The highest BCUT2D eigenvalue weighted by atomic mass is 19.4. The number of carbonyl (C=O) groups excluding carboxylic acids is 1. The van der Waals surface area contributed by atoms with E-state index < -0.39 is 12.4 Å².